The summed E-state index contributed by atoms with van der Waals surface area (Å²) in [6.07, 6.45) is 5.59. The van der Waals surface area contributed by atoms with Crippen LogP contribution in [-0.4, -0.2) is 0 Å². The van der Waals surface area contributed by atoms with E-state index in [4.69, 9.17) is 9.47 Å². The van der Waals surface area contributed by atoms with Crippen molar-refractivity contribution >= 4 is 0 Å². The Kier molecular flexibility index (Phi) is 2.54. The van der Waals surface area contributed by atoms with Crippen molar-refractivity contribution in [3.8, 4) is 0 Å². The fourth-order valence-corrected chi connectivity index (χ4v) is 1.43. The fourth-order valence-electron chi connectivity index (χ4n) is 1.43. The van der Waals surface area contributed by atoms with Gasteiger partial charge in [-0.05, 0) is 18.1 Å². The van der Waals surface area contributed by atoms with Crippen LogP contribution in [0.2, 0.25) is 0 Å². The molecule has 0 spiro atoms. The van der Waals surface area contributed by atoms with Gasteiger partial charge in [0.15, 0.2) is 0 Å². The Hall–Kier alpha value is -1.70. The summed E-state index contributed by atoms with van der Waals surface area (Å²) >= 11 is 0. The monoisotopic (exact) mass is 188 g/mol. The molecule has 2 rings (SSSR count). The normalized spacial score (nSPS) is 14.9. The van der Waals surface area contributed by atoms with E-state index >= 15 is 0 Å². The van der Waals surface area contributed by atoms with Crippen LogP contribution in [0.15, 0.2) is 49.4 Å². The van der Waals surface area contributed by atoms with E-state index in [9.17, 15) is 0 Å². The Morgan fingerprint density at radius 3 is 2.79 bits per heavy atom. The molecule has 1 aliphatic heterocycles. The first-order valence-corrected chi connectivity index (χ1v) is 4.56. The van der Waals surface area contributed by atoms with Crippen molar-refractivity contribution in [1.29, 1.82) is 0 Å². The molecule has 0 fully saturated rings. The zero-order valence-corrected chi connectivity index (χ0v) is 7.85. The highest BCUT2D eigenvalue weighted by Crippen LogP contribution is 2.24. The van der Waals surface area contributed by atoms with Crippen molar-refractivity contribution in [3.63, 3.8) is 0 Å². The van der Waals surface area contributed by atoms with E-state index in [1.165, 1.54) is 5.56 Å². The van der Waals surface area contributed by atoms with E-state index in [0.717, 1.165) is 12.0 Å². The molecular formula is C12H12O2. The lowest BCUT2D eigenvalue weighted by atomic mass is 10.1. The maximum absolute atomic E-state index is 5.24. The lowest BCUT2D eigenvalue weighted by Gasteiger charge is -2.11. The molecule has 1 heterocycles. The van der Waals surface area contributed by atoms with Crippen molar-refractivity contribution in [2.45, 2.75) is 12.7 Å². The van der Waals surface area contributed by atoms with Crippen LogP contribution in [0, 0.1) is 0 Å². The van der Waals surface area contributed by atoms with Gasteiger partial charge in [-0.2, -0.15) is 0 Å². The highest BCUT2D eigenvalue weighted by Gasteiger charge is 2.14. The number of ether oxygens (including phenoxy) is 2. The molecule has 14 heavy (non-hydrogen) atoms. The molecule has 0 amide bonds. The van der Waals surface area contributed by atoms with Crippen LogP contribution in [0.4, 0.5) is 0 Å². The third-order valence-corrected chi connectivity index (χ3v) is 2.06. The van der Waals surface area contributed by atoms with Crippen LogP contribution in [0.1, 0.15) is 17.4 Å². The first-order valence-electron chi connectivity index (χ1n) is 4.56. The summed E-state index contributed by atoms with van der Waals surface area (Å²) in [5.74, 6) is 0. The van der Waals surface area contributed by atoms with Gasteiger partial charge in [0.25, 0.3) is 6.29 Å². The smallest absolute Gasteiger partial charge is 0.266 e. The molecule has 1 aromatic carbocycles. The summed E-state index contributed by atoms with van der Waals surface area (Å²) in [7, 11) is 0. The zero-order chi connectivity index (χ0) is 9.80. The van der Waals surface area contributed by atoms with E-state index in [2.05, 4.69) is 18.7 Å². The molecule has 0 N–H and O–H groups in total. The van der Waals surface area contributed by atoms with E-state index in [0.29, 0.717) is 0 Å². The van der Waals surface area contributed by atoms with Gasteiger partial charge in [0.2, 0.25) is 0 Å². The molecule has 0 aliphatic carbocycles. The van der Waals surface area contributed by atoms with Gasteiger partial charge in [0.1, 0.15) is 12.5 Å². The molecule has 0 bridgehead atoms. The van der Waals surface area contributed by atoms with E-state index < -0.39 is 0 Å². The predicted molar refractivity (Wildman–Crippen MR) is 54.4 cm³/mol. The van der Waals surface area contributed by atoms with Crippen molar-refractivity contribution < 1.29 is 9.47 Å². The van der Waals surface area contributed by atoms with E-state index in [1.54, 1.807) is 12.5 Å². The molecule has 0 saturated heterocycles. The van der Waals surface area contributed by atoms with Gasteiger partial charge >= 0.3 is 0 Å². The molecule has 0 atom stereocenters. The van der Waals surface area contributed by atoms with Crippen LogP contribution in [-0.2, 0) is 15.9 Å². The van der Waals surface area contributed by atoms with E-state index in [1.807, 2.05) is 18.2 Å². The van der Waals surface area contributed by atoms with Crippen LogP contribution in [0.25, 0.3) is 0 Å². The highest BCUT2D eigenvalue weighted by atomic mass is 16.7. The van der Waals surface area contributed by atoms with Gasteiger partial charge in [-0.15, -0.1) is 6.58 Å². The maximum Gasteiger partial charge on any atom is 0.266 e. The van der Waals surface area contributed by atoms with E-state index in [-0.39, 0.29) is 6.29 Å². The van der Waals surface area contributed by atoms with Crippen LogP contribution < -0.4 is 0 Å². The van der Waals surface area contributed by atoms with Gasteiger partial charge in [-0.1, -0.05) is 24.3 Å². The average Bonchev–Trinajstić information content (AvgIpc) is 2.71. The summed E-state index contributed by atoms with van der Waals surface area (Å²) in [6, 6.07) is 8.12. The minimum atomic E-state index is -0.278. The third-order valence-electron chi connectivity index (χ3n) is 2.06. The molecule has 2 nitrogen and oxygen atoms in total. The lowest BCUT2D eigenvalue weighted by Crippen LogP contribution is -1.98. The minimum absolute atomic E-state index is 0.278. The number of allylic oxidation sites excluding steroid dienone is 1. The SMILES string of the molecule is C=CCc1cccc(C2OC=CO2)c1. The number of hydrogen-bond donors (Lipinski definition) is 0. The average molecular weight is 188 g/mol. The van der Waals surface area contributed by atoms with Crippen molar-refractivity contribution in [3.05, 3.63) is 60.6 Å². The summed E-state index contributed by atoms with van der Waals surface area (Å²) in [5, 5.41) is 0. The summed E-state index contributed by atoms with van der Waals surface area (Å²) in [6.45, 7) is 3.71. The van der Waals surface area contributed by atoms with Gasteiger partial charge in [0, 0.05) is 5.56 Å². The van der Waals surface area contributed by atoms with Crippen molar-refractivity contribution in [1.82, 2.24) is 0 Å². The molecule has 2 heteroatoms. The van der Waals surface area contributed by atoms with Gasteiger partial charge < -0.3 is 9.47 Å². The second-order valence-electron chi connectivity index (χ2n) is 3.11. The number of rotatable bonds is 3. The maximum atomic E-state index is 5.24. The second-order valence-corrected chi connectivity index (χ2v) is 3.11. The van der Waals surface area contributed by atoms with Gasteiger partial charge in [-0.3, -0.25) is 0 Å². The molecule has 0 unspecified atom stereocenters. The standard InChI is InChI=1S/C12H12O2/c1-2-4-10-5-3-6-11(9-10)12-13-7-8-14-12/h2-3,5-9,12H,1,4H2. The Bertz CT molecular complexity index is 347. The Morgan fingerprint density at radius 2 is 2.07 bits per heavy atom. The van der Waals surface area contributed by atoms with Crippen LogP contribution in [0.5, 0.6) is 0 Å². The number of hydrogen-bond acceptors (Lipinski definition) is 2. The van der Waals surface area contributed by atoms with Gasteiger partial charge in [-0.25, -0.2) is 0 Å². The summed E-state index contributed by atoms with van der Waals surface area (Å²) < 4.78 is 10.5. The third kappa shape index (κ3) is 1.79. The first kappa shape index (κ1) is 8.88. The van der Waals surface area contributed by atoms with Crippen LogP contribution >= 0.6 is 0 Å². The molecular weight excluding hydrogens is 176 g/mol. The molecule has 1 aliphatic rings. The Balaban J connectivity index is 2.17. The lowest BCUT2D eigenvalue weighted by molar-refractivity contribution is -0.0246. The molecule has 0 radical (unpaired) electrons. The van der Waals surface area contributed by atoms with Gasteiger partial charge in [0.05, 0.1) is 0 Å². The molecule has 72 valence electrons. The summed E-state index contributed by atoms with van der Waals surface area (Å²) in [5.41, 5.74) is 2.26. The quantitative estimate of drug-likeness (QED) is 0.679. The molecule has 1 aromatic rings. The molecule has 0 saturated carbocycles. The second kappa shape index (κ2) is 4.01. The number of benzene rings is 1. The predicted octanol–water partition coefficient (Wildman–Crippen LogP) is 2.93. The first-order chi connectivity index (χ1) is 6.90. The Morgan fingerprint density at radius 1 is 1.29 bits per heavy atom. The van der Waals surface area contributed by atoms with Crippen molar-refractivity contribution in [2.24, 2.45) is 0 Å². The Labute approximate surface area is 83.5 Å². The topological polar surface area (TPSA) is 18.5 Å². The highest BCUT2D eigenvalue weighted by molar-refractivity contribution is 5.26. The summed E-state index contributed by atoms with van der Waals surface area (Å²) in [4.78, 5) is 0. The largest absolute Gasteiger partial charge is 0.455 e. The fraction of sp³-hybridized carbons (Fsp3) is 0.167. The zero-order valence-electron chi connectivity index (χ0n) is 7.85. The van der Waals surface area contributed by atoms with Crippen LogP contribution in [0.3, 0.4) is 0 Å². The minimum Gasteiger partial charge on any atom is -0.455 e. The molecule has 0 aromatic heterocycles. The van der Waals surface area contributed by atoms with Crippen molar-refractivity contribution in [2.75, 3.05) is 0 Å².